The van der Waals surface area contributed by atoms with Crippen LogP contribution >= 0.6 is 0 Å². The summed E-state index contributed by atoms with van der Waals surface area (Å²) in [6, 6.07) is 5.30. The minimum absolute atomic E-state index is 0.203. The Balaban J connectivity index is 1.95. The van der Waals surface area contributed by atoms with Crippen molar-refractivity contribution in [3.05, 3.63) is 23.8 Å². The number of hydrogen-bond acceptors (Lipinski definition) is 4. The number of carbonyl (C=O) groups is 2. The van der Waals surface area contributed by atoms with Crippen molar-refractivity contribution in [2.45, 2.75) is 12.3 Å². The Morgan fingerprint density at radius 3 is 2.75 bits per heavy atom. The molecule has 5 nitrogen and oxygen atoms in total. The van der Waals surface area contributed by atoms with Crippen molar-refractivity contribution in [3.8, 4) is 11.5 Å². The van der Waals surface area contributed by atoms with Gasteiger partial charge in [-0.05, 0) is 17.7 Å². The van der Waals surface area contributed by atoms with E-state index >= 15 is 0 Å². The molecule has 1 unspecified atom stereocenters. The summed E-state index contributed by atoms with van der Waals surface area (Å²) < 4.78 is 10.4. The van der Waals surface area contributed by atoms with Gasteiger partial charge in [-0.2, -0.15) is 0 Å². The second-order valence-corrected chi connectivity index (χ2v) is 3.78. The van der Waals surface area contributed by atoms with Crippen LogP contribution in [0.2, 0.25) is 0 Å². The molecule has 2 amide bonds. The van der Waals surface area contributed by atoms with Gasteiger partial charge < -0.3 is 9.47 Å². The first-order chi connectivity index (χ1) is 7.74. The predicted molar refractivity (Wildman–Crippen MR) is 53.1 cm³/mol. The Morgan fingerprint density at radius 2 is 2.00 bits per heavy atom. The highest BCUT2D eigenvalue weighted by Gasteiger charge is 2.32. The lowest BCUT2D eigenvalue weighted by Gasteiger charge is -2.06. The molecule has 2 heterocycles. The third-order valence-electron chi connectivity index (χ3n) is 2.77. The summed E-state index contributed by atoms with van der Waals surface area (Å²) in [6.07, 6.45) is 0.207. The molecule has 0 aromatic heterocycles. The van der Waals surface area contributed by atoms with Crippen LogP contribution in [0.4, 0.5) is 0 Å². The molecule has 1 saturated heterocycles. The van der Waals surface area contributed by atoms with E-state index in [1.54, 1.807) is 18.2 Å². The minimum Gasteiger partial charge on any atom is -0.454 e. The van der Waals surface area contributed by atoms with Crippen molar-refractivity contribution in [2.75, 3.05) is 6.79 Å². The number of amides is 2. The Hall–Kier alpha value is -2.04. The summed E-state index contributed by atoms with van der Waals surface area (Å²) in [5.41, 5.74) is 0.785. The molecule has 1 aromatic rings. The van der Waals surface area contributed by atoms with Gasteiger partial charge >= 0.3 is 0 Å². The lowest BCUT2D eigenvalue weighted by molar-refractivity contribution is -0.125. The normalized spacial score (nSPS) is 22.4. The number of nitrogens with one attached hydrogen (secondary N) is 1. The first kappa shape index (κ1) is 9.21. The Morgan fingerprint density at radius 1 is 1.19 bits per heavy atom. The van der Waals surface area contributed by atoms with E-state index < -0.39 is 5.92 Å². The fraction of sp³-hybridized carbons (Fsp3) is 0.273. The van der Waals surface area contributed by atoms with Crippen LogP contribution in [0.3, 0.4) is 0 Å². The van der Waals surface area contributed by atoms with Crippen molar-refractivity contribution < 1.29 is 19.1 Å². The van der Waals surface area contributed by atoms with Crippen LogP contribution in [0, 0.1) is 0 Å². The van der Waals surface area contributed by atoms with Gasteiger partial charge in [0.05, 0.1) is 5.92 Å². The van der Waals surface area contributed by atoms with E-state index in [0.29, 0.717) is 11.5 Å². The maximum Gasteiger partial charge on any atom is 0.234 e. The molecule has 5 heteroatoms. The molecule has 0 saturated carbocycles. The van der Waals surface area contributed by atoms with Crippen molar-refractivity contribution >= 4 is 11.8 Å². The molecule has 0 spiro atoms. The van der Waals surface area contributed by atoms with Gasteiger partial charge in [-0.25, -0.2) is 0 Å². The van der Waals surface area contributed by atoms with E-state index in [1.165, 1.54) is 0 Å². The molecule has 1 N–H and O–H groups in total. The molecular formula is C11H9NO4. The number of rotatable bonds is 1. The molecular weight excluding hydrogens is 210 g/mol. The van der Waals surface area contributed by atoms with Crippen molar-refractivity contribution in [1.82, 2.24) is 5.32 Å². The summed E-state index contributed by atoms with van der Waals surface area (Å²) in [4.78, 5) is 22.6. The van der Waals surface area contributed by atoms with Gasteiger partial charge in [-0.15, -0.1) is 0 Å². The number of fused-ring (bicyclic) bond motifs is 1. The second kappa shape index (κ2) is 3.23. The highest BCUT2D eigenvalue weighted by atomic mass is 16.7. The molecule has 1 atom stereocenters. The maximum absolute atomic E-state index is 11.5. The SMILES string of the molecule is O=C1CC(c2ccc3c(c2)OCO3)C(=O)N1. The Bertz CT molecular complexity index is 483. The quantitative estimate of drug-likeness (QED) is 0.700. The van der Waals surface area contributed by atoms with Gasteiger partial charge in [-0.3, -0.25) is 14.9 Å². The summed E-state index contributed by atoms with van der Waals surface area (Å²) in [5.74, 6) is 0.427. The summed E-state index contributed by atoms with van der Waals surface area (Å²) in [5, 5.41) is 2.28. The highest BCUT2D eigenvalue weighted by molar-refractivity contribution is 6.06. The fourth-order valence-corrected chi connectivity index (χ4v) is 1.95. The zero-order valence-electron chi connectivity index (χ0n) is 8.36. The third-order valence-corrected chi connectivity index (χ3v) is 2.77. The first-order valence-electron chi connectivity index (χ1n) is 4.97. The smallest absolute Gasteiger partial charge is 0.234 e. The van der Waals surface area contributed by atoms with Gasteiger partial charge in [0, 0.05) is 6.42 Å². The fourth-order valence-electron chi connectivity index (χ4n) is 1.95. The van der Waals surface area contributed by atoms with E-state index in [0.717, 1.165) is 5.56 Å². The molecule has 1 aromatic carbocycles. The van der Waals surface area contributed by atoms with E-state index in [4.69, 9.17) is 9.47 Å². The molecule has 1 fully saturated rings. The van der Waals surface area contributed by atoms with Gasteiger partial charge in [0.2, 0.25) is 18.6 Å². The highest BCUT2D eigenvalue weighted by Crippen LogP contribution is 2.36. The Labute approximate surface area is 91.3 Å². The molecule has 2 aliphatic rings. The number of ether oxygens (including phenoxy) is 2. The average Bonchev–Trinajstić information content (AvgIpc) is 2.83. The van der Waals surface area contributed by atoms with Crippen LogP contribution < -0.4 is 14.8 Å². The monoisotopic (exact) mass is 219 g/mol. The second-order valence-electron chi connectivity index (χ2n) is 3.78. The largest absolute Gasteiger partial charge is 0.454 e. The number of hydrogen-bond donors (Lipinski definition) is 1. The van der Waals surface area contributed by atoms with E-state index in [2.05, 4.69) is 5.32 Å². The summed E-state index contributed by atoms with van der Waals surface area (Å²) in [6.45, 7) is 0.203. The van der Waals surface area contributed by atoms with Crippen LogP contribution in [-0.4, -0.2) is 18.6 Å². The van der Waals surface area contributed by atoms with Crippen LogP contribution in [-0.2, 0) is 9.59 Å². The van der Waals surface area contributed by atoms with E-state index in [1.807, 2.05) is 0 Å². The molecule has 16 heavy (non-hydrogen) atoms. The summed E-state index contributed by atoms with van der Waals surface area (Å²) >= 11 is 0. The van der Waals surface area contributed by atoms with Gasteiger partial charge in [0.25, 0.3) is 0 Å². The Kier molecular flexibility index (Phi) is 1.86. The molecule has 2 aliphatic heterocycles. The molecule has 0 radical (unpaired) electrons. The zero-order valence-corrected chi connectivity index (χ0v) is 8.36. The molecule has 0 aliphatic carbocycles. The van der Waals surface area contributed by atoms with Gasteiger partial charge in [-0.1, -0.05) is 6.07 Å². The van der Waals surface area contributed by atoms with Crippen molar-refractivity contribution in [3.63, 3.8) is 0 Å². The maximum atomic E-state index is 11.5. The zero-order chi connectivity index (χ0) is 11.1. The average molecular weight is 219 g/mol. The third kappa shape index (κ3) is 1.32. The predicted octanol–water partition coefficient (Wildman–Crippen LogP) is 0.545. The van der Waals surface area contributed by atoms with Crippen LogP contribution in [0.1, 0.15) is 17.9 Å². The van der Waals surface area contributed by atoms with Gasteiger partial charge in [0.1, 0.15) is 0 Å². The molecule has 0 bridgehead atoms. The standard InChI is InChI=1S/C11H9NO4/c13-10-4-7(11(14)12-10)6-1-2-8-9(3-6)16-5-15-8/h1-3,7H,4-5H2,(H,12,13,14). The van der Waals surface area contributed by atoms with Crippen molar-refractivity contribution in [2.24, 2.45) is 0 Å². The van der Waals surface area contributed by atoms with Crippen LogP contribution in [0.5, 0.6) is 11.5 Å². The van der Waals surface area contributed by atoms with Crippen molar-refractivity contribution in [1.29, 1.82) is 0 Å². The van der Waals surface area contributed by atoms with Crippen LogP contribution in [0.15, 0.2) is 18.2 Å². The number of imide groups is 1. The summed E-state index contributed by atoms with van der Waals surface area (Å²) in [7, 11) is 0. The topological polar surface area (TPSA) is 64.6 Å². The minimum atomic E-state index is -0.401. The number of carbonyl (C=O) groups excluding carboxylic acids is 2. The van der Waals surface area contributed by atoms with Gasteiger partial charge in [0.15, 0.2) is 11.5 Å². The van der Waals surface area contributed by atoms with E-state index in [-0.39, 0.29) is 25.0 Å². The lowest BCUT2D eigenvalue weighted by atomic mass is 9.97. The van der Waals surface area contributed by atoms with E-state index in [9.17, 15) is 9.59 Å². The first-order valence-corrected chi connectivity index (χ1v) is 4.97. The number of benzene rings is 1. The molecule has 82 valence electrons. The molecule has 3 rings (SSSR count). The lowest BCUT2D eigenvalue weighted by Crippen LogP contribution is -2.21. The van der Waals surface area contributed by atoms with Crippen LogP contribution in [0.25, 0.3) is 0 Å².